The molecule has 0 atom stereocenters. The van der Waals surface area contributed by atoms with Crippen LogP contribution in [0.4, 0.5) is 0 Å². The molecule has 0 N–H and O–H groups in total. The zero-order chi connectivity index (χ0) is 42.7. The van der Waals surface area contributed by atoms with Crippen molar-refractivity contribution in [2.75, 3.05) is 0 Å². The molecule has 61 heavy (non-hydrogen) atoms. The van der Waals surface area contributed by atoms with Crippen LogP contribution in [0, 0.1) is 41.5 Å². The van der Waals surface area contributed by atoms with Gasteiger partial charge in [-0.25, -0.2) is 0 Å². The van der Waals surface area contributed by atoms with Crippen LogP contribution in [0.15, 0.2) is 212 Å². The molecule has 2 radical (unpaired) electrons. The predicted molar refractivity (Wildman–Crippen MR) is 266 cm³/mol. The second-order valence-electron chi connectivity index (χ2n) is 16.0. The molecule has 0 aliphatic rings. The van der Waals surface area contributed by atoms with Crippen molar-refractivity contribution in [1.82, 2.24) is 0 Å². The Kier molecular flexibility index (Phi) is 13.7. The Morgan fingerprint density at radius 3 is 0.787 bits per heavy atom. The maximum Gasteiger partial charge on any atom is 0.113 e. The largest absolute Gasteiger partial charge is 0.113 e. The Labute approximate surface area is 365 Å². The molecule has 0 aromatic heterocycles. The highest BCUT2D eigenvalue weighted by atomic mass is 14.2. The number of aryl methyl sites for hydroxylation is 6. The first-order chi connectivity index (χ1) is 29.6. The van der Waals surface area contributed by atoms with Crippen molar-refractivity contribution in [2.45, 2.75) is 41.5 Å². The quantitative estimate of drug-likeness (QED) is 0.147. The summed E-state index contributed by atoms with van der Waals surface area (Å²) in [4.78, 5) is 0. The first-order valence-electron chi connectivity index (χ1n) is 21.1. The fourth-order valence-electron chi connectivity index (χ4n) is 7.58. The molecule has 0 saturated heterocycles. The molecular weight excluding hydrogens is 731 g/mol. The summed E-state index contributed by atoms with van der Waals surface area (Å²) in [5.41, 5.74) is 23.6. The lowest BCUT2D eigenvalue weighted by atomic mass is 9.88. The van der Waals surface area contributed by atoms with Crippen LogP contribution < -0.4 is 5.46 Å². The van der Waals surface area contributed by atoms with E-state index in [0.717, 1.165) is 5.46 Å². The number of rotatable bonds is 6. The Bertz CT molecular complexity index is 2640. The van der Waals surface area contributed by atoms with Gasteiger partial charge >= 0.3 is 0 Å². The first kappa shape index (κ1) is 42.2. The van der Waals surface area contributed by atoms with Crippen LogP contribution in [0.25, 0.3) is 66.8 Å². The maximum atomic E-state index is 5.63. The summed E-state index contributed by atoms with van der Waals surface area (Å²) in [5.74, 6) is 0. The van der Waals surface area contributed by atoms with Crippen molar-refractivity contribution in [3.63, 3.8) is 0 Å². The van der Waals surface area contributed by atoms with Gasteiger partial charge in [-0.05, 0) is 155 Å². The van der Waals surface area contributed by atoms with Gasteiger partial charge in [0.05, 0.1) is 0 Å². The SMILES string of the molecule is Cc1ccc(-c2ccccc2)cc1-c1cc(-c2ccc(C)c(-c3cc(-c4ccccc4)ccc3C)c2)ccc1C.Cc1ccccc1.[B]c1ccc(-c2ccc(C)cc2)cc1. The van der Waals surface area contributed by atoms with Crippen molar-refractivity contribution in [3.05, 3.63) is 246 Å². The molecule has 1 heteroatoms. The van der Waals surface area contributed by atoms with Gasteiger partial charge in [0, 0.05) is 0 Å². The Balaban J connectivity index is 0.000000217. The van der Waals surface area contributed by atoms with Crippen LogP contribution >= 0.6 is 0 Å². The second kappa shape index (κ2) is 19.9. The lowest BCUT2D eigenvalue weighted by molar-refractivity contribution is 1.39. The van der Waals surface area contributed by atoms with E-state index in [2.05, 4.69) is 211 Å². The standard InChI is InChI=1S/C40H34.C13H11B.C7H8/c1-27-15-19-33(31-11-7-5-8-12-31)23-37(27)39-25-35(21-17-29(39)3)36-22-18-30(4)40(26-36)38-24-34(20-16-28(38)2)32-13-9-6-10-14-32;1-10-2-4-11(5-3-10)12-6-8-13(14)9-7-12;1-7-5-3-2-4-6-7/h5-26H,1-4H3;2-9H,1H3;2-6H,1H3. The molecule has 0 amide bonds. The molecule has 0 fully saturated rings. The van der Waals surface area contributed by atoms with Crippen molar-refractivity contribution < 1.29 is 0 Å². The Morgan fingerprint density at radius 1 is 0.230 bits per heavy atom. The lowest BCUT2D eigenvalue weighted by Gasteiger charge is -2.16. The van der Waals surface area contributed by atoms with Gasteiger partial charge in [-0.2, -0.15) is 0 Å². The molecule has 0 unspecified atom stereocenters. The number of hydrogen-bond donors (Lipinski definition) is 0. The highest BCUT2D eigenvalue weighted by molar-refractivity contribution is 6.32. The molecule has 0 aliphatic carbocycles. The van der Waals surface area contributed by atoms with E-state index in [1.165, 1.54) is 100 Å². The number of benzene rings is 9. The minimum Gasteiger partial charge on any atom is -0.0966 e. The highest BCUT2D eigenvalue weighted by Gasteiger charge is 2.13. The average Bonchev–Trinajstić information content (AvgIpc) is 3.29. The molecule has 0 bridgehead atoms. The molecule has 0 aliphatic heterocycles. The predicted octanol–water partition coefficient (Wildman–Crippen LogP) is 15.7. The molecule has 0 nitrogen and oxygen atoms in total. The van der Waals surface area contributed by atoms with E-state index in [4.69, 9.17) is 7.85 Å². The normalized spacial score (nSPS) is 10.5. The summed E-state index contributed by atoms with van der Waals surface area (Å²) in [6.07, 6.45) is 0. The summed E-state index contributed by atoms with van der Waals surface area (Å²) in [7, 11) is 5.63. The smallest absolute Gasteiger partial charge is 0.0966 e. The molecule has 9 aromatic carbocycles. The van der Waals surface area contributed by atoms with E-state index in [1.807, 2.05) is 42.5 Å². The van der Waals surface area contributed by atoms with Crippen LogP contribution in [0.1, 0.15) is 33.4 Å². The fraction of sp³-hybridized carbons (Fsp3) is 0.100. The highest BCUT2D eigenvalue weighted by Crippen LogP contribution is 2.37. The zero-order valence-electron chi connectivity index (χ0n) is 36.3. The monoisotopic (exact) mass is 784 g/mol. The third-order valence-corrected chi connectivity index (χ3v) is 11.3. The van der Waals surface area contributed by atoms with E-state index in [9.17, 15) is 0 Å². The van der Waals surface area contributed by atoms with E-state index in [0.29, 0.717) is 0 Å². The molecular formula is C60H53B. The topological polar surface area (TPSA) is 0 Å². The Hall–Kier alpha value is -6.96. The van der Waals surface area contributed by atoms with Gasteiger partial charge in [0.15, 0.2) is 0 Å². The first-order valence-corrected chi connectivity index (χ1v) is 21.1. The van der Waals surface area contributed by atoms with Crippen molar-refractivity contribution in [1.29, 1.82) is 0 Å². The molecule has 0 spiro atoms. The third-order valence-electron chi connectivity index (χ3n) is 11.3. The van der Waals surface area contributed by atoms with Gasteiger partial charge in [0.2, 0.25) is 0 Å². The van der Waals surface area contributed by atoms with Gasteiger partial charge in [0.1, 0.15) is 7.85 Å². The molecule has 296 valence electrons. The molecule has 0 saturated carbocycles. The van der Waals surface area contributed by atoms with Crippen molar-refractivity contribution in [3.8, 4) is 66.8 Å². The van der Waals surface area contributed by atoms with E-state index < -0.39 is 0 Å². The van der Waals surface area contributed by atoms with E-state index in [1.54, 1.807) is 0 Å². The van der Waals surface area contributed by atoms with Crippen LogP contribution in [-0.2, 0) is 0 Å². The summed E-state index contributed by atoms with van der Waals surface area (Å²) in [6.45, 7) is 13.0. The van der Waals surface area contributed by atoms with Gasteiger partial charge in [0.25, 0.3) is 0 Å². The Morgan fingerprint density at radius 2 is 0.475 bits per heavy atom. The summed E-state index contributed by atoms with van der Waals surface area (Å²) in [6, 6.07) is 75.4. The van der Waals surface area contributed by atoms with E-state index in [-0.39, 0.29) is 0 Å². The third kappa shape index (κ3) is 10.8. The van der Waals surface area contributed by atoms with Crippen molar-refractivity contribution >= 4 is 13.3 Å². The molecule has 9 aromatic rings. The number of hydrogen-bond acceptors (Lipinski definition) is 0. The van der Waals surface area contributed by atoms with Crippen LogP contribution in [0.3, 0.4) is 0 Å². The van der Waals surface area contributed by atoms with E-state index >= 15 is 0 Å². The summed E-state index contributed by atoms with van der Waals surface area (Å²) >= 11 is 0. The average molecular weight is 785 g/mol. The van der Waals surface area contributed by atoms with Gasteiger partial charge in [-0.3, -0.25) is 0 Å². The minimum atomic E-state index is 0.806. The second-order valence-corrected chi connectivity index (χ2v) is 16.0. The van der Waals surface area contributed by atoms with Gasteiger partial charge in [-0.1, -0.05) is 205 Å². The fourth-order valence-corrected chi connectivity index (χ4v) is 7.58. The minimum absolute atomic E-state index is 0.806. The van der Waals surface area contributed by atoms with Crippen LogP contribution in [0.2, 0.25) is 0 Å². The molecule has 9 rings (SSSR count). The van der Waals surface area contributed by atoms with Crippen LogP contribution in [0.5, 0.6) is 0 Å². The summed E-state index contributed by atoms with van der Waals surface area (Å²) < 4.78 is 0. The summed E-state index contributed by atoms with van der Waals surface area (Å²) in [5, 5.41) is 0. The maximum absolute atomic E-state index is 5.63. The zero-order valence-corrected chi connectivity index (χ0v) is 36.3. The van der Waals surface area contributed by atoms with Crippen molar-refractivity contribution in [2.24, 2.45) is 0 Å². The van der Waals surface area contributed by atoms with Crippen LogP contribution in [-0.4, -0.2) is 7.85 Å². The lowest BCUT2D eigenvalue weighted by Crippen LogP contribution is -1.99. The van der Waals surface area contributed by atoms with Gasteiger partial charge < -0.3 is 0 Å². The van der Waals surface area contributed by atoms with Gasteiger partial charge in [-0.15, -0.1) is 0 Å². The molecule has 0 heterocycles.